The van der Waals surface area contributed by atoms with E-state index in [0.717, 1.165) is 30.5 Å². The molecule has 2 N–H and O–H groups in total. The van der Waals surface area contributed by atoms with E-state index >= 15 is 0 Å². The lowest BCUT2D eigenvalue weighted by Crippen LogP contribution is -2.47. The molecule has 0 bridgehead atoms. The van der Waals surface area contributed by atoms with E-state index in [9.17, 15) is 14.4 Å². The third kappa shape index (κ3) is 3.14. The van der Waals surface area contributed by atoms with Crippen molar-refractivity contribution in [2.45, 2.75) is 31.6 Å². The van der Waals surface area contributed by atoms with E-state index in [1.807, 2.05) is 24.3 Å². The van der Waals surface area contributed by atoms with Gasteiger partial charge in [-0.1, -0.05) is 18.2 Å². The fourth-order valence-corrected chi connectivity index (χ4v) is 3.81. The van der Waals surface area contributed by atoms with Crippen molar-refractivity contribution in [3.8, 4) is 0 Å². The summed E-state index contributed by atoms with van der Waals surface area (Å²) in [6.07, 6.45) is 2.87. The smallest absolute Gasteiger partial charge is 0.340 e. The second kappa shape index (κ2) is 6.78. The zero-order valence-electron chi connectivity index (χ0n) is 14.4. The van der Waals surface area contributed by atoms with Gasteiger partial charge in [0, 0.05) is 31.1 Å². The molecule has 2 aromatic rings. The summed E-state index contributed by atoms with van der Waals surface area (Å²) in [5.74, 6) is 0.516. The molecule has 0 aliphatic carbocycles. The molecule has 1 saturated heterocycles. The molecule has 1 atom stereocenters. The van der Waals surface area contributed by atoms with Crippen molar-refractivity contribution in [1.82, 2.24) is 20.1 Å². The highest BCUT2D eigenvalue weighted by Crippen LogP contribution is 2.28. The largest absolute Gasteiger partial charge is 0.340 e. The number of aromatic nitrogens is 3. The number of fused-ring (bicyclic) bond motifs is 1. The van der Waals surface area contributed by atoms with Crippen molar-refractivity contribution in [3.05, 3.63) is 46.1 Å². The standard InChI is InChI=1S/C18H21N5O3/c24-15-8-7-12-4-1-2-6-14(12)23(15)11-16(25)22-9-3-5-13(10-22)17-19-18(26)21-20-17/h1-2,4,6,13H,3,5,7-11H2,(H2,19,20,21,26). The summed E-state index contributed by atoms with van der Waals surface area (Å²) in [5, 5.41) is 6.37. The SMILES string of the molecule is O=C(CN1C(=O)CCc2ccccc21)N1CCCC(c2n[nH]c(=O)[nH]2)C1. The molecule has 0 spiro atoms. The molecule has 1 aromatic carbocycles. The van der Waals surface area contributed by atoms with E-state index in [2.05, 4.69) is 15.2 Å². The number of H-pyrrole nitrogens is 2. The van der Waals surface area contributed by atoms with Crippen LogP contribution in [0.1, 0.15) is 36.6 Å². The van der Waals surface area contributed by atoms with Gasteiger partial charge in [-0.2, -0.15) is 5.10 Å². The van der Waals surface area contributed by atoms with Crippen LogP contribution in [0.4, 0.5) is 5.69 Å². The number of benzene rings is 1. The first-order valence-electron chi connectivity index (χ1n) is 8.92. The number of anilines is 1. The van der Waals surface area contributed by atoms with Gasteiger partial charge in [0.15, 0.2) is 0 Å². The van der Waals surface area contributed by atoms with Crippen molar-refractivity contribution >= 4 is 17.5 Å². The van der Waals surface area contributed by atoms with Crippen LogP contribution in [0.15, 0.2) is 29.1 Å². The molecule has 136 valence electrons. The van der Waals surface area contributed by atoms with E-state index in [-0.39, 0.29) is 30.0 Å². The van der Waals surface area contributed by atoms with Gasteiger partial charge in [0.05, 0.1) is 0 Å². The number of para-hydroxylation sites is 1. The van der Waals surface area contributed by atoms with Gasteiger partial charge in [-0.3, -0.25) is 14.6 Å². The number of aromatic amines is 2. The number of amides is 2. The van der Waals surface area contributed by atoms with Crippen LogP contribution in [0, 0.1) is 0 Å². The Kier molecular flexibility index (Phi) is 4.32. The first-order chi connectivity index (χ1) is 12.6. The zero-order chi connectivity index (χ0) is 18.1. The minimum atomic E-state index is -0.334. The normalized spacial score (nSPS) is 20.2. The molecular formula is C18H21N5O3. The molecule has 0 radical (unpaired) electrons. The number of hydrogen-bond donors (Lipinski definition) is 2. The van der Waals surface area contributed by atoms with Gasteiger partial charge in [0.25, 0.3) is 0 Å². The second-order valence-corrected chi connectivity index (χ2v) is 6.85. The fraction of sp³-hybridized carbons (Fsp3) is 0.444. The van der Waals surface area contributed by atoms with Gasteiger partial charge < -0.3 is 9.80 Å². The van der Waals surface area contributed by atoms with Gasteiger partial charge in [0.1, 0.15) is 12.4 Å². The summed E-state index contributed by atoms with van der Waals surface area (Å²) in [7, 11) is 0. The number of rotatable bonds is 3. The number of hydrogen-bond acceptors (Lipinski definition) is 4. The summed E-state index contributed by atoms with van der Waals surface area (Å²) in [6.45, 7) is 1.22. The quantitative estimate of drug-likeness (QED) is 0.849. The minimum Gasteiger partial charge on any atom is -0.340 e. The molecule has 1 aromatic heterocycles. The van der Waals surface area contributed by atoms with Crippen LogP contribution in [0.5, 0.6) is 0 Å². The van der Waals surface area contributed by atoms with E-state index in [0.29, 0.717) is 25.3 Å². The Hall–Kier alpha value is -2.90. The van der Waals surface area contributed by atoms with Gasteiger partial charge >= 0.3 is 5.69 Å². The Bertz CT molecular complexity index is 887. The van der Waals surface area contributed by atoms with Crippen LogP contribution >= 0.6 is 0 Å². The Morgan fingerprint density at radius 2 is 2.08 bits per heavy atom. The molecule has 2 aliphatic heterocycles. The van der Waals surface area contributed by atoms with Crippen LogP contribution < -0.4 is 10.6 Å². The monoisotopic (exact) mass is 355 g/mol. The number of nitrogens with one attached hydrogen (secondary N) is 2. The van der Waals surface area contributed by atoms with Crippen molar-refractivity contribution in [2.24, 2.45) is 0 Å². The van der Waals surface area contributed by atoms with Crippen LogP contribution in [-0.2, 0) is 16.0 Å². The average Bonchev–Trinajstić information content (AvgIpc) is 3.10. The molecule has 8 nitrogen and oxygen atoms in total. The second-order valence-electron chi connectivity index (χ2n) is 6.85. The Morgan fingerprint density at radius 3 is 2.88 bits per heavy atom. The first-order valence-corrected chi connectivity index (χ1v) is 8.92. The fourth-order valence-electron chi connectivity index (χ4n) is 3.81. The molecule has 1 fully saturated rings. The number of aryl methyl sites for hydroxylation is 1. The Balaban J connectivity index is 1.48. The topological polar surface area (TPSA) is 102 Å². The maximum atomic E-state index is 12.8. The summed E-state index contributed by atoms with van der Waals surface area (Å²) in [6, 6.07) is 7.74. The van der Waals surface area contributed by atoms with Gasteiger partial charge in [-0.05, 0) is 30.9 Å². The molecule has 8 heteroatoms. The van der Waals surface area contributed by atoms with E-state index in [1.54, 1.807) is 9.80 Å². The van der Waals surface area contributed by atoms with E-state index < -0.39 is 0 Å². The van der Waals surface area contributed by atoms with Crippen LogP contribution in [-0.4, -0.2) is 51.5 Å². The number of carbonyl (C=O) groups excluding carboxylic acids is 2. The maximum absolute atomic E-state index is 12.8. The van der Waals surface area contributed by atoms with Crippen LogP contribution in [0.25, 0.3) is 0 Å². The number of likely N-dealkylation sites (tertiary alicyclic amines) is 1. The molecule has 4 rings (SSSR count). The molecule has 2 aliphatic rings. The molecule has 1 unspecified atom stereocenters. The highest BCUT2D eigenvalue weighted by atomic mass is 16.2. The van der Waals surface area contributed by atoms with Crippen LogP contribution in [0.2, 0.25) is 0 Å². The molecular weight excluding hydrogens is 334 g/mol. The summed E-state index contributed by atoms with van der Waals surface area (Å²) >= 11 is 0. The molecule has 3 heterocycles. The number of carbonyl (C=O) groups is 2. The predicted molar refractivity (Wildman–Crippen MR) is 94.9 cm³/mol. The van der Waals surface area contributed by atoms with Crippen molar-refractivity contribution < 1.29 is 9.59 Å². The average molecular weight is 355 g/mol. The maximum Gasteiger partial charge on any atom is 0.340 e. The predicted octanol–water partition coefficient (Wildman–Crippen LogP) is 0.783. The number of piperidine rings is 1. The summed E-state index contributed by atoms with van der Waals surface area (Å²) < 4.78 is 0. The first kappa shape index (κ1) is 16.6. The third-order valence-electron chi connectivity index (χ3n) is 5.17. The van der Waals surface area contributed by atoms with Crippen molar-refractivity contribution in [2.75, 3.05) is 24.5 Å². The van der Waals surface area contributed by atoms with Gasteiger partial charge in [0.2, 0.25) is 11.8 Å². The van der Waals surface area contributed by atoms with Crippen molar-refractivity contribution in [3.63, 3.8) is 0 Å². The Morgan fingerprint density at radius 1 is 1.23 bits per heavy atom. The zero-order valence-corrected chi connectivity index (χ0v) is 14.4. The molecule has 0 saturated carbocycles. The van der Waals surface area contributed by atoms with Gasteiger partial charge in [-0.15, -0.1) is 0 Å². The van der Waals surface area contributed by atoms with Crippen LogP contribution in [0.3, 0.4) is 0 Å². The lowest BCUT2D eigenvalue weighted by Gasteiger charge is -2.35. The summed E-state index contributed by atoms with van der Waals surface area (Å²) in [4.78, 5) is 42.5. The highest BCUT2D eigenvalue weighted by molar-refractivity contribution is 6.01. The van der Waals surface area contributed by atoms with E-state index in [4.69, 9.17) is 0 Å². The Labute approximate surface area is 150 Å². The molecule has 2 amide bonds. The van der Waals surface area contributed by atoms with E-state index in [1.165, 1.54) is 0 Å². The summed E-state index contributed by atoms with van der Waals surface area (Å²) in [5.41, 5.74) is 1.60. The minimum absolute atomic E-state index is 0.0102. The number of nitrogens with zero attached hydrogens (tertiary/aromatic N) is 3. The highest BCUT2D eigenvalue weighted by Gasteiger charge is 2.30. The lowest BCUT2D eigenvalue weighted by molar-refractivity contribution is -0.132. The molecule has 26 heavy (non-hydrogen) atoms. The third-order valence-corrected chi connectivity index (χ3v) is 5.17. The van der Waals surface area contributed by atoms with Crippen molar-refractivity contribution in [1.29, 1.82) is 0 Å². The van der Waals surface area contributed by atoms with Gasteiger partial charge in [-0.25, -0.2) is 9.89 Å². The lowest BCUT2D eigenvalue weighted by atomic mass is 9.97.